The third kappa shape index (κ3) is 3.70. The maximum absolute atomic E-state index is 13.0. The van der Waals surface area contributed by atoms with Gasteiger partial charge in [0, 0.05) is 31.6 Å². The van der Waals surface area contributed by atoms with E-state index in [1.54, 1.807) is 17.0 Å². The standard InChI is InChI=1S/C21H24N2O4/c1-21(2)14-22(19(24)15-8-9-15)12-13-23(21)20(25)17-10-11-18(27-17)26-16-6-4-3-5-7-16/h3-7,10-11,15H,8-9,12-14H2,1-2H3. The molecule has 1 aliphatic carbocycles. The minimum atomic E-state index is -0.451. The largest absolute Gasteiger partial charge is 0.426 e. The van der Waals surface area contributed by atoms with Gasteiger partial charge in [-0.3, -0.25) is 9.59 Å². The summed E-state index contributed by atoms with van der Waals surface area (Å²) in [4.78, 5) is 29.0. The number of amides is 2. The summed E-state index contributed by atoms with van der Waals surface area (Å²) in [5.41, 5.74) is -0.451. The van der Waals surface area contributed by atoms with E-state index >= 15 is 0 Å². The molecule has 0 radical (unpaired) electrons. The lowest BCUT2D eigenvalue weighted by molar-refractivity contribution is -0.136. The third-order valence-electron chi connectivity index (χ3n) is 5.14. The van der Waals surface area contributed by atoms with Crippen molar-refractivity contribution in [2.24, 2.45) is 5.92 Å². The van der Waals surface area contributed by atoms with Crippen LogP contribution in [-0.2, 0) is 4.79 Å². The molecule has 1 aromatic heterocycles. The zero-order valence-corrected chi connectivity index (χ0v) is 15.7. The Kier molecular flexibility index (Phi) is 4.42. The molecular formula is C21H24N2O4. The van der Waals surface area contributed by atoms with Crippen molar-refractivity contribution in [1.29, 1.82) is 0 Å². The van der Waals surface area contributed by atoms with Gasteiger partial charge in [0.2, 0.25) is 5.91 Å². The molecule has 2 aliphatic rings. The molecule has 4 rings (SSSR count). The van der Waals surface area contributed by atoms with Crippen molar-refractivity contribution >= 4 is 11.8 Å². The highest BCUT2D eigenvalue weighted by Crippen LogP contribution is 2.33. The summed E-state index contributed by atoms with van der Waals surface area (Å²) in [6, 6.07) is 12.6. The average Bonchev–Trinajstić information content (AvgIpc) is 3.40. The lowest BCUT2D eigenvalue weighted by atomic mass is 9.98. The van der Waals surface area contributed by atoms with Gasteiger partial charge in [-0.25, -0.2) is 0 Å². The lowest BCUT2D eigenvalue weighted by Crippen LogP contribution is -2.62. The first-order valence-electron chi connectivity index (χ1n) is 9.37. The molecule has 2 fully saturated rings. The smallest absolute Gasteiger partial charge is 0.290 e. The third-order valence-corrected chi connectivity index (χ3v) is 5.14. The molecule has 0 bridgehead atoms. The number of furan rings is 1. The summed E-state index contributed by atoms with van der Waals surface area (Å²) < 4.78 is 11.3. The fourth-order valence-electron chi connectivity index (χ4n) is 3.54. The van der Waals surface area contributed by atoms with Crippen LogP contribution in [0.1, 0.15) is 37.2 Å². The van der Waals surface area contributed by atoms with E-state index in [0.29, 0.717) is 25.4 Å². The number of para-hydroxylation sites is 1. The SMILES string of the molecule is CC1(C)CN(C(=O)C2CC2)CCN1C(=O)c1ccc(Oc2ccccc2)o1. The van der Waals surface area contributed by atoms with Gasteiger partial charge >= 0.3 is 0 Å². The van der Waals surface area contributed by atoms with Crippen LogP contribution in [0.3, 0.4) is 0 Å². The molecule has 6 nitrogen and oxygen atoms in total. The fourth-order valence-corrected chi connectivity index (χ4v) is 3.54. The second-order valence-electron chi connectivity index (χ2n) is 7.84. The highest BCUT2D eigenvalue weighted by Gasteiger charge is 2.42. The van der Waals surface area contributed by atoms with E-state index in [9.17, 15) is 9.59 Å². The second kappa shape index (κ2) is 6.76. The van der Waals surface area contributed by atoms with Gasteiger partial charge in [-0.2, -0.15) is 0 Å². The van der Waals surface area contributed by atoms with E-state index in [0.717, 1.165) is 12.8 Å². The summed E-state index contributed by atoms with van der Waals surface area (Å²) >= 11 is 0. The molecule has 142 valence electrons. The Bertz CT molecular complexity index is 839. The molecule has 1 aliphatic heterocycles. The van der Waals surface area contributed by atoms with Crippen molar-refractivity contribution in [3.05, 3.63) is 48.2 Å². The molecule has 0 spiro atoms. The number of carbonyl (C=O) groups is 2. The van der Waals surface area contributed by atoms with Crippen LogP contribution in [0.4, 0.5) is 0 Å². The second-order valence-corrected chi connectivity index (χ2v) is 7.84. The number of carbonyl (C=O) groups excluding carboxylic acids is 2. The van der Waals surface area contributed by atoms with Crippen molar-refractivity contribution in [2.45, 2.75) is 32.2 Å². The Morgan fingerprint density at radius 2 is 1.81 bits per heavy atom. The van der Waals surface area contributed by atoms with Gasteiger partial charge in [-0.05, 0) is 44.9 Å². The van der Waals surface area contributed by atoms with Crippen molar-refractivity contribution in [3.63, 3.8) is 0 Å². The molecule has 2 aromatic rings. The Morgan fingerprint density at radius 1 is 1.07 bits per heavy atom. The molecule has 6 heteroatoms. The quantitative estimate of drug-likeness (QED) is 0.828. The molecule has 0 N–H and O–H groups in total. The van der Waals surface area contributed by atoms with E-state index in [-0.39, 0.29) is 29.4 Å². The van der Waals surface area contributed by atoms with Gasteiger partial charge in [-0.1, -0.05) is 18.2 Å². The topological polar surface area (TPSA) is 63.0 Å². The zero-order chi connectivity index (χ0) is 19.0. The number of ether oxygens (including phenoxy) is 1. The molecule has 1 saturated carbocycles. The highest BCUT2D eigenvalue weighted by atomic mass is 16.6. The van der Waals surface area contributed by atoms with E-state index in [1.165, 1.54) is 0 Å². The maximum atomic E-state index is 13.0. The minimum Gasteiger partial charge on any atom is -0.426 e. The van der Waals surface area contributed by atoms with E-state index in [1.807, 2.05) is 49.1 Å². The number of rotatable bonds is 4. The molecule has 2 amide bonds. The van der Waals surface area contributed by atoms with Gasteiger partial charge < -0.3 is 19.0 Å². The Morgan fingerprint density at radius 3 is 2.48 bits per heavy atom. The predicted octanol–water partition coefficient (Wildman–Crippen LogP) is 3.54. The zero-order valence-electron chi connectivity index (χ0n) is 15.7. The van der Waals surface area contributed by atoms with E-state index in [4.69, 9.17) is 9.15 Å². The van der Waals surface area contributed by atoms with Crippen LogP contribution >= 0.6 is 0 Å². The maximum Gasteiger partial charge on any atom is 0.290 e. The van der Waals surface area contributed by atoms with Crippen LogP contribution < -0.4 is 4.74 Å². The lowest BCUT2D eigenvalue weighted by Gasteiger charge is -2.46. The van der Waals surface area contributed by atoms with Gasteiger partial charge in [0.1, 0.15) is 5.75 Å². The average molecular weight is 368 g/mol. The first kappa shape index (κ1) is 17.6. The van der Waals surface area contributed by atoms with Crippen LogP contribution in [0.15, 0.2) is 46.9 Å². The summed E-state index contributed by atoms with van der Waals surface area (Å²) in [5.74, 6) is 1.43. The summed E-state index contributed by atoms with van der Waals surface area (Å²) in [5, 5.41) is 0. The monoisotopic (exact) mass is 368 g/mol. The Balaban J connectivity index is 1.44. The molecule has 1 saturated heterocycles. The summed E-state index contributed by atoms with van der Waals surface area (Å²) in [6.45, 7) is 5.59. The molecule has 1 aromatic carbocycles. The highest BCUT2D eigenvalue weighted by molar-refractivity contribution is 5.92. The van der Waals surface area contributed by atoms with Crippen molar-refractivity contribution in [3.8, 4) is 11.7 Å². The minimum absolute atomic E-state index is 0.179. The van der Waals surface area contributed by atoms with E-state index < -0.39 is 5.54 Å². The summed E-state index contributed by atoms with van der Waals surface area (Å²) in [6.07, 6.45) is 1.99. The number of benzene rings is 1. The molecule has 27 heavy (non-hydrogen) atoms. The van der Waals surface area contributed by atoms with Gasteiger partial charge in [-0.15, -0.1) is 0 Å². The first-order valence-corrected chi connectivity index (χ1v) is 9.37. The number of hydrogen-bond donors (Lipinski definition) is 0. The van der Waals surface area contributed by atoms with Crippen molar-refractivity contribution < 1.29 is 18.7 Å². The molecular weight excluding hydrogens is 344 g/mol. The molecule has 2 heterocycles. The van der Waals surface area contributed by atoms with Crippen LogP contribution in [-0.4, -0.2) is 46.8 Å². The van der Waals surface area contributed by atoms with Crippen LogP contribution in [0, 0.1) is 5.92 Å². The summed E-state index contributed by atoms with van der Waals surface area (Å²) in [7, 11) is 0. The van der Waals surface area contributed by atoms with Gasteiger partial charge in [0.25, 0.3) is 11.9 Å². The molecule has 0 atom stereocenters. The van der Waals surface area contributed by atoms with Crippen LogP contribution in [0.25, 0.3) is 0 Å². The van der Waals surface area contributed by atoms with Gasteiger partial charge in [0.15, 0.2) is 5.76 Å². The Hall–Kier alpha value is -2.76. The van der Waals surface area contributed by atoms with Crippen LogP contribution in [0.2, 0.25) is 0 Å². The predicted molar refractivity (Wildman–Crippen MR) is 99.6 cm³/mol. The van der Waals surface area contributed by atoms with Crippen LogP contribution in [0.5, 0.6) is 11.7 Å². The fraction of sp³-hybridized carbons (Fsp3) is 0.429. The number of hydrogen-bond acceptors (Lipinski definition) is 4. The van der Waals surface area contributed by atoms with Crippen molar-refractivity contribution in [2.75, 3.05) is 19.6 Å². The molecule has 0 unspecified atom stereocenters. The number of nitrogens with zero attached hydrogens (tertiary/aromatic N) is 2. The Labute approximate surface area is 158 Å². The first-order chi connectivity index (χ1) is 12.9. The normalized spacial score (nSPS) is 19.0. The van der Waals surface area contributed by atoms with Crippen molar-refractivity contribution in [1.82, 2.24) is 9.80 Å². The van der Waals surface area contributed by atoms with Gasteiger partial charge in [0.05, 0.1) is 5.54 Å². The van der Waals surface area contributed by atoms with E-state index in [2.05, 4.69) is 0 Å². The number of piperazine rings is 1.